The highest BCUT2D eigenvalue weighted by atomic mass is 16.4. The van der Waals surface area contributed by atoms with Gasteiger partial charge in [-0.1, -0.05) is 0 Å². The van der Waals surface area contributed by atoms with Crippen LogP contribution in [0.4, 0.5) is 0 Å². The van der Waals surface area contributed by atoms with Crippen LogP contribution in [0.1, 0.15) is 138 Å². The van der Waals surface area contributed by atoms with Gasteiger partial charge >= 0.3 is 0 Å². The van der Waals surface area contributed by atoms with Crippen LogP contribution in [0.15, 0.2) is 0 Å². The summed E-state index contributed by atoms with van der Waals surface area (Å²) >= 11 is 0. The fourth-order valence-corrected chi connectivity index (χ4v) is 4.58. The Morgan fingerprint density at radius 3 is 0.553 bits per heavy atom. The summed E-state index contributed by atoms with van der Waals surface area (Å²) in [5.41, 5.74) is 0.855. The first kappa shape index (κ1) is 56.6. The molecule has 0 unspecified atom stereocenters. The molecule has 13 nitrogen and oxygen atoms in total. The van der Waals surface area contributed by atoms with Gasteiger partial charge in [0.05, 0.1) is 0 Å². The average molecular weight is 684 g/mol. The summed E-state index contributed by atoms with van der Waals surface area (Å²) in [5, 5.41) is 37.1. The van der Waals surface area contributed by atoms with E-state index in [0.29, 0.717) is 0 Å². The van der Waals surface area contributed by atoms with Crippen molar-refractivity contribution in [2.24, 2.45) is 0 Å². The second kappa shape index (κ2) is 25.3. The molecule has 0 saturated carbocycles. The highest BCUT2D eigenvalue weighted by molar-refractivity contribution is 5.63. The third kappa shape index (κ3) is 53.0. The lowest BCUT2D eigenvalue weighted by atomic mass is 9.95. The molecule has 0 aliphatic carbocycles. The molecule has 0 aliphatic rings. The van der Waals surface area contributed by atoms with E-state index in [9.17, 15) is 0 Å². The fourth-order valence-electron chi connectivity index (χ4n) is 4.58. The number of carboxylic acids is 5. The summed E-state index contributed by atoms with van der Waals surface area (Å²) < 4.78 is 0. The quantitative estimate of drug-likeness (QED) is 0.208. The van der Waals surface area contributed by atoms with Gasteiger partial charge in [-0.15, -0.1) is 0 Å². The third-order valence-corrected chi connectivity index (χ3v) is 5.37. The molecule has 13 heteroatoms. The number of hydrogen-bond acceptors (Lipinski definition) is 8. The molecular weight excluding hydrogens is 610 g/mol. The predicted molar refractivity (Wildman–Crippen MR) is 190 cm³/mol. The zero-order chi connectivity index (χ0) is 39.9. The number of nitrogens with zero attached hydrogens (tertiary/aromatic N) is 3. The lowest BCUT2D eigenvalue weighted by molar-refractivity contribution is -0.135. The standard InChI is InChI=1S/C24H53N3.5C2H4O2/c1-20(2,3)25(16-18-26(21(4,5)6)22(7,8)9)17-19-27(23(10,11)12)24(13,14)15;5*1-2(3)4/h16-19H2,1-15H3;5*1H3,(H,3,4). The molecule has 0 atom stereocenters. The lowest BCUT2D eigenvalue weighted by Gasteiger charge is -2.49. The van der Waals surface area contributed by atoms with Crippen LogP contribution in [0.2, 0.25) is 0 Å². The van der Waals surface area contributed by atoms with Crippen LogP contribution >= 0.6 is 0 Å². The first-order valence-electron chi connectivity index (χ1n) is 15.5. The van der Waals surface area contributed by atoms with Gasteiger partial charge in [0.2, 0.25) is 0 Å². The van der Waals surface area contributed by atoms with Crippen LogP contribution in [0.3, 0.4) is 0 Å². The van der Waals surface area contributed by atoms with E-state index in [1.54, 1.807) is 0 Å². The number of carboxylic acid groups (broad SMARTS) is 5. The molecule has 0 fully saturated rings. The zero-order valence-corrected chi connectivity index (χ0v) is 33.4. The summed E-state index contributed by atoms with van der Waals surface area (Å²) in [6.07, 6.45) is 0. The van der Waals surface area contributed by atoms with E-state index in [-0.39, 0.29) is 27.7 Å². The summed E-state index contributed by atoms with van der Waals surface area (Å²) in [5.74, 6) is -4.17. The van der Waals surface area contributed by atoms with Crippen molar-refractivity contribution in [3.8, 4) is 0 Å². The molecule has 0 aliphatic heterocycles. The average Bonchev–Trinajstić information content (AvgIpc) is 2.65. The molecule has 0 radical (unpaired) electrons. The number of hydrogen-bond donors (Lipinski definition) is 5. The van der Waals surface area contributed by atoms with Gasteiger partial charge in [0.25, 0.3) is 29.8 Å². The molecule has 0 spiro atoms. The monoisotopic (exact) mass is 684 g/mol. The largest absolute Gasteiger partial charge is 0.481 e. The number of rotatable bonds is 6. The van der Waals surface area contributed by atoms with Crippen LogP contribution < -0.4 is 0 Å². The van der Waals surface area contributed by atoms with E-state index < -0.39 is 29.8 Å². The van der Waals surface area contributed by atoms with Crippen molar-refractivity contribution >= 4 is 29.8 Å². The molecule has 0 saturated heterocycles. The Hall–Kier alpha value is -2.77. The molecule has 47 heavy (non-hydrogen) atoms. The summed E-state index contributed by atoms with van der Waals surface area (Å²) in [7, 11) is 0. The van der Waals surface area contributed by atoms with Crippen molar-refractivity contribution in [3.05, 3.63) is 0 Å². The van der Waals surface area contributed by atoms with E-state index in [0.717, 1.165) is 60.8 Å². The van der Waals surface area contributed by atoms with E-state index in [4.69, 9.17) is 49.5 Å². The van der Waals surface area contributed by atoms with Crippen molar-refractivity contribution in [1.29, 1.82) is 0 Å². The Bertz CT molecular complexity index is 733. The van der Waals surface area contributed by atoms with Gasteiger partial charge in [-0.2, -0.15) is 0 Å². The van der Waals surface area contributed by atoms with E-state index in [2.05, 4.69) is 119 Å². The zero-order valence-electron chi connectivity index (χ0n) is 33.4. The van der Waals surface area contributed by atoms with Crippen molar-refractivity contribution in [2.75, 3.05) is 26.2 Å². The summed E-state index contributed by atoms with van der Waals surface area (Å²) in [4.78, 5) is 53.0. The van der Waals surface area contributed by atoms with Gasteiger partial charge in [-0.25, -0.2) is 0 Å². The molecule has 0 amide bonds. The van der Waals surface area contributed by atoms with Gasteiger partial charge in [0.15, 0.2) is 0 Å². The molecule has 284 valence electrons. The van der Waals surface area contributed by atoms with Crippen molar-refractivity contribution in [3.63, 3.8) is 0 Å². The third-order valence-electron chi connectivity index (χ3n) is 5.37. The molecular formula is C34H73N3O10. The molecule has 0 rings (SSSR count). The molecule has 0 heterocycles. The van der Waals surface area contributed by atoms with Gasteiger partial charge in [0.1, 0.15) is 0 Å². The minimum absolute atomic E-state index is 0.170. The molecule has 0 aromatic heterocycles. The maximum absolute atomic E-state index is 9.00. The van der Waals surface area contributed by atoms with Crippen LogP contribution in [0, 0.1) is 0 Å². The fraction of sp³-hybridized carbons (Fsp3) is 0.853. The minimum Gasteiger partial charge on any atom is -0.481 e. The van der Waals surface area contributed by atoms with Crippen molar-refractivity contribution in [2.45, 2.75) is 166 Å². The van der Waals surface area contributed by atoms with E-state index in [1.165, 1.54) is 0 Å². The predicted octanol–water partition coefficient (Wildman–Crippen LogP) is 6.34. The van der Waals surface area contributed by atoms with E-state index >= 15 is 0 Å². The lowest BCUT2D eigenvalue weighted by Crippen LogP contribution is -2.58. The van der Waals surface area contributed by atoms with Crippen molar-refractivity contribution < 1.29 is 49.5 Å². The van der Waals surface area contributed by atoms with Gasteiger partial charge < -0.3 is 25.5 Å². The summed E-state index contributed by atoms with van der Waals surface area (Å²) in [6.45, 7) is 44.9. The summed E-state index contributed by atoms with van der Waals surface area (Å²) in [6, 6.07) is 0. The van der Waals surface area contributed by atoms with Crippen LogP contribution in [-0.4, -0.2) is 124 Å². The maximum Gasteiger partial charge on any atom is 0.300 e. The Morgan fingerprint density at radius 2 is 0.468 bits per heavy atom. The molecule has 0 aromatic rings. The normalized spacial score (nSPS) is 11.5. The van der Waals surface area contributed by atoms with Gasteiger partial charge in [0, 0.05) is 88.5 Å². The smallest absolute Gasteiger partial charge is 0.300 e. The number of aliphatic carboxylic acids is 5. The van der Waals surface area contributed by atoms with Gasteiger partial charge in [-0.3, -0.25) is 38.7 Å². The Kier molecular flexibility index (Phi) is 30.4. The first-order valence-corrected chi connectivity index (χ1v) is 15.5. The second-order valence-corrected chi connectivity index (χ2v) is 15.7. The molecule has 5 N–H and O–H groups in total. The topological polar surface area (TPSA) is 196 Å². The number of carbonyl (C=O) groups is 5. The Balaban J connectivity index is -0.000000169. The second-order valence-electron chi connectivity index (χ2n) is 15.7. The minimum atomic E-state index is -0.833. The van der Waals surface area contributed by atoms with Crippen LogP contribution in [0.25, 0.3) is 0 Å². The molecule has 0 bridgehead atoms. The van der Waals surface area contributed by atoms with E-state index in [1.807, 2.05) is 0 Å². The SMILES string of the molecule is CC(=O)O.CC(=O)O.CC(=O)O.CC(=O)O.CC(=O)O.CC(C)(C)N(CCN(C(C)(C)C)C(C)(C)C)CCN(C(C)(C)C)C(C)(C)C. The van der Waals surface area contributed by atoms with Crippen LogP contribution in [0.5, 0.6) is 0 Å². The first-order chi connectivity index (χ1) is 20.2. The maximum atomic E-state index is 9.00. The van der Waals surface area contributed by atoms with Crippen LogP contribution in [-0.2, 0) is 24.0 Å². The van der Waals surface area contributed by atoms with Crippen molar-refractivity contribution in [1.82, 2.24) is 14.7 Å². The highest BCUT2D eigenvalue weighted by Gasteiger charge is 2.35. The highest BCUT2D eigenvalue weighted by Crippen LogP contribution is 2.27. The Labute approximate surface area is 286 Å². The Morgan fingerprint density at radius 1 is 0.340 bits per heavy atom. The molecule has 0 aromatic carbocycles. The van der Waals surface area contributed by atoms with Gasteiger partial charge in [-0.05, 0) is 104 Å².